The van der Waals surface area contributed by atoms with Crippen LogP contribution in [-0.2, 0) is 0 Å². The fraction of sp³-hybridized carbons (Fsp3) is 0.200. The zero-order valence-electron chi connectivity index (χ0n) is 43.8. The molecular formula is C60H62O12P2+2. The third kappa shape index (κ3) is 8.46. The summed E-state index contributed by atoms with van der Waals surface area (Å²) in [4.78, 5) is 0. The molecule has 74 heavy (non-hydrogen) atoms. The van der Waals surface area contributed by atoms with E-state index in [4.69, 9.17) is 56.8 Å². The van der Waals surface area contributed by atoms with Crippen molar-refractivity contribution >= 4 is 57.0 Å². The summed E-state index contributed by atoms with van der Waals surface area (Å²) in [5.74, 6) is 6.29. The van der Waals surface area contributed by atoms with Gasteiger partial charge in [-0.3, -0.25) is 0 Å². The number of rotatable bonds is 21. The lowest BCUT2D eigenvalue weighted by molar-refractivity contribution is 0.356. The van der Waals surface area contributed by atoms with Crippen LogP contribution in [0.3, 0.4) is 0 Å². The Hall–Kier alpha value is -7.78. The van der Waals surface area contributed by atoms with E-state index in [1.807, 2.05) is 72.8 Å². The Morgan fingerprint density at radius 2 is 0.365 bits per heavy atom. The highest BCUT2D eigenvalue weighted by atomic mass is 31.2. The topological polar surface area (TPSA) is 111 Å². The van der Waals surface area contributed by atoms with Crippen molar-refractivity contribution in [2.24, 2.45) is 0 Å². The molecule has 0 amide bonds. The number of benzene rings is 8. The second-order valence-electron chi connectivity index (χ2n) is 16.5. The number of hydrogen-bond acceptors (Lipinski definition) is 12. The van der Waals surface area contributed by atoms with Crippen molar-refractivity contribution in [3.63, 3.8) is 0 Å². The molecule has 0 saturated carbocycles. The van der Waals surface area contributed by atoms with Crippen LogP contribution in [0.1, 0.15) is 0 Å². The zero-order valence-corrected chi connectivity index (χ0v) is 45.6. The average Bonchev–Trinajstić information content (AvgIpc) is 3.47. The molecule has 8 aromatic rings. The summed E-state index contributed by atoms with van der Waals surface area (Å²) in [6, 6.07) is 52.8. The van der Waals surface area contributed by atoms with Crippen LogP contribution < -0.4 is 99.3 Å². The maximum Gasteiger partial charge on any atom is 0.204 e. The summed E-state index contributed by atoms with van der Waals surface area (Å²) >= 11 is 0. The molecule has 0 radical (unpaired) electrons. The van der Waals surface area contributed by atoms with Gasteiger partial charge in [0.2, 0.25) is 34.5 Å². The minimum atomic E-state index is -3.50. The molecule has 0 fully saturated rings. The molecule has 382 valence electrons. The van der Waals surface area contributed by atoms with Crippen molar-refractivity contribution in [2.45, 2.75) is 0 Å². The largest absolute Gasteiger partial charge is 0.493 e. The second kappa shape index (κ2) is 23.0. The maximum absolute atomic E-state index is 6.52. The lowest BCUT2D eigenvalue weighted by atomic mass is 10.1. The first-order valence-electron chi connectivity index (χ1n) is 23.5. The van der Waals surface area contributed by atoms with E-state index in [9.17, 15) is 0 Å². The molecule has 0 bridgehead atoms. The van der Waals surface area contributed by atoms with Gasteiger partial charge in [-0.25, -0.2) is 0 Å². The van der Waals surface area contributed by atoms with Gasteiger partial charge in [-0.05, 0) is 84.9 Å². The van der Waals surface area contributed by atoms with E-state index in [2.05, 4.69) is 84.9 Å². The van der Waals surface area contributed by atoms with Crippen LogP contribution in [0.15, 0.2) is 158 Å². The van der Waals surface area contributed by atoms with E-state index in [1.54, 1.807) is 85.3 Å². The summed E-state index contributed by atoms with van der Waals surface area (Å²) in [6.45, 7) is 0. The van der Waals surface area contributed by atoms with Gasteiger partial charge in [0.15, 0.2) is 80.8 Å². The standard InChI is InChI=1S/C60H62O12P2/c1-61-41-25-17-33-49(55(41)67-7)73(50-34-18-26-42(62-2)56(50)68-8,51-35-19-27-43(63-3)57(51)69-9)47-31-15-13-23-39(47)40-24-14-16-32-48(40)74(52-36-20-28-44(64-4)58(52)70-10,53-37-21-29-45(65-5)59(53)71-11)54-38-22-30-46(66-6)60(54)72-12/h13-38H,1-12H3/q+2. The molecule has 0 spiro atoms. The quantitative estimate of drug-likeness (QED) is 0.0643. The van der Waals surface area contributed by atoms with E-state index in [0.29, 0.717) is 69.0 Å². The fourth-order valence-electron chi connectivity index (χ4n) is 10.4. The Kier molecular flexibility index (Phi) is 16.3. The van der Waals surface area contributed by atoms with Crippen molar-refractivity contribution in [3.8, 4) is 80.1 Å². The van der Waals surface area contributed by atoms with Gasteiger partial charge < -0.3 is 56.8 Å². The van der Waals surface area contributed by atoms with Crippen LogP contribution in [0.4, 0.5) is 0 Å². The number of hydrogen-bond donors (Lipinski definition) is 0. The molecule has 8 rings (SSSR count). The van der Waals surface area contributed by atoms with Gasteiger partial charge in [-0.2, -0.15) is 0 Å². The predicted octanol–water partition coefficient (Wildman–Crippen LogP) is 8.70. The van der Waals surface area contributed by atoms with E-state index in [-0.39, 0.29) is 0 Å². The Balaban J connectivity index is 1.71. The molecule has 0 aliphatic rings. The molecule has 0 N–H and O–H groups in total. The van der Waals surface area contributed by atoms with E-state index < -0.39 is 14.5 Å². The van der Waals surface area contributed by atoms with Crippen LogP contribution in [0.25, 0.3) is 11.1 Å². The van der Waals surface area contributed by atoms with Crippen molar-refractivity contribution < 1.29 is 56.8 Å². The normalized spacial score (nSPS) is 11.2. The number of para-hydroxylation sites is 6. The zero-order chi connectivity index (χ0) is 52.6. The van der Waals surface area contributed by atoms with Gasteiger partial charge in [-0.1, -0.05) is 72.8 Å². The van der Waals surface area contributed by atoms with E-state index >= 15 is 0 Å². The Morgan fingerprint density at radius 3 is 0.541 bits per heavy atom. The first-order valence-corrected chi connectivity index (χ1v) is 27.1. The molecule has 0 atom stereocenters. The second-order valence-corrected chi connectivity index (χ2v) is 23.0. The van der Waals surface area contributed by atoms with Crippen molar-refractivity contribution in [3.05, 3.63) is 158 Å². The highest BCUT2D eigenvalue weighted by molar-refractivity contribution is 8.03. The monoisotopic (exact) mass is 1040 g/mol. The Labute approximate surface area is 435 Å². The van der Waals surface area contributed by atoms with Crippen LogP contribution in [0.2, 0.25) is 0 Å². The Morgan fingerprint density at radius 1 is 0.189 bits per heavy atom. The highest BCUT2D eigenvalue weighted by Crippen LogP contribution is 2.66. The van der Waals surface area contributed by atoms with Gasteiger partial charge >= 0.3 is 0 Å². The lowest BCUT2D eigenvalue weighted by Crippen LogP contribution is -2.43. The molecule has 0 aromatic heterocycles. The summed E-state index contributed by atoms with van der Waals surface area (Å²) < 4.78 is 76.0. The summed E-state index contributed by atoms with van der Waals surface area (Å²) in [7, 11) is 12.8. The molecule has 14 heteroatoms. The molecular weight excluding hydrogens is 975 g/mol. The highest BCUT2D eigenvalue weighted by Gasteiger charge is 2.60. The molecule has 8 aromatic carbocycles. The van der Waals surface area contributed by atoms with Crippen molar-refractivity contribution in [1.29, 1.82) is 0 Å². The SMILES string of the molecule is COc1cccc([P+](c2ccccc2-c2ccccc2[P+](c2cccc(OC)c2OC)(c2cccc(OC)c2OC)c2cccc(OC)c2OC)(c2cccc(OC)c2OC)c2cccc(OC)c2OC)c1OC. The van der Waals surface area contributed by atoms with Crippen LogP contribution in [0, 0.1) is 0 Å². The fourth-order valence-corrected chi connectivity index (χ4v) is 20.1. The predicted molar refractivity (Wildman–Crippen MR) is 300 cm³/mol. The minimum absolute atomic E-state index is 0.520. The number of methoxy groups -OCH3 is 12. The van der Waals surface area contributed by atoms with Crippen LogP contribution >= 0.6 is 14.5 Å². The lowest BCUT2D eigenvalue weighted by Gasteiger charge is -2.34. The minimum Gasteiger partial charge on any atom is -0.493 e. The maximum atomic E-state index is 6.52. The van der Waals surface area contributed by atoms with Gasteiger partial charge in [-0.15, -0.1) is 0 Å². The van der Waals surface area contributed by atoms with E-state index in [0.717, 1.165) is 53.6 Å². The molecule has 0 saturated heterocycles. The molecule has 0 aliphatic heterocycles. The third-order valence-electron chi connectivity index (χ3n) is 13.3. The first-order chi connectivity index (χ1) is 36.2. The molecule has 0 heterocycles. The van der Waals surface area contributed by atoms with Crippen molar-refractivity contribution in [1.82, 2.24) is 0 Å². The smallest absolute Gasteiger partial charge is 0.204 e. The van der Waals surface area contributed by atoms with Crippen LogP contribution in [0.5, 0.6) is 69.0 Å². The third-order valence-corrected chi connectivity index (χ3v) is 22.0. The van der Waals surface area contributed by atoms with Gasteiger partial charge in [0, 0.05) is 11.1 Å². The number of ether oxygens (including phenoxy) is 12. The van der Waals surface area contributed by atoms with Gasteiger partial charge in [0.05, 0.1) is 85.3 Å². The van der Waals surface area contributed by atoms with Gasteiger partial charge in [0.25, 0.3) is 0 Å². The van der Waals surface area contributed by atoms with E-state index in [1.165, 1.54) is 0 Å². The summed E-state index contributed by atoms with van der Waals surface area (Å²) in [6.07, 6.45) is 0. The average molecular weight is 1040 g/mol. The summed E-state index contributed by atoms with van der Waals surface area (Å²) in [5, 5.41) is 6.65. The first kappa shape index (κ1) is 52.5. The van der Waals surface area contributed by atoms with Crippen molar-refractivity contribution in [2.75, 3.05) is 85.3 Å². The van der Waals surface area contributed by atoms with Crippen LogP contribution in [-0.4, -0.2) is 85.3 Å². The molecule has 12 nitrogen and oxygen atoms in total. The molecule has 0 unspecified atom stereocenters. The Bertz CT molecular complexity index is 2780. The summed E-state index contributed by atoms with van der Waals surface area (Å²) in [5.41, 5.74) is 1.73. The molecule has 0 aliphatic carbocycles. The van der Waals surface area contributed by atoms with Gasteiger partial charge in [0.1, 0.15) is 10.6 Å².